The molecule has 0 aromatic heterocycles. The molecule has 0 heterocycles. The third-order valence-electron chi connectivity index (χ3n) is 2.98. The summed E-state index contributed by atoms with van der Waals surface area (Å²) in [6.07, 6.45) is 4.87. The fourth-order valence-electron chi connectivity index (χ4n) is 2.14. The van der Waals surface area contributed by atoms with Crippen LogP contribution in [-0.2, 0) is 4.79 Å². The third kappa shape index (κ3) is 2.70. The molecule has 1 aliphatic rings. The molecule has 1 rings (SSSR count). The molecule has 82 valence electrons. The first-order chi connectivity index (χ1) is 7.14. The summed E-state index contributed by atoms with van der Waals surface area (Å²) in [4.78, 5) is 12.0. The first kappa shape index (κ1) is 12.0. The predicted molar refractivity (Wildman–Crippen MR) is 60.2 cm³/mol. The summed E-state index contributed by atoms with van der Waals surface area (Å²) in [6, 6.07) is 0. The zero-order valence-corrected chi connectivity index (χ0v) is 9.25. The molecule has 1 N–H and O–H groups in total. The fraction of sp³-hybridized carbons (Fsp3) is 0.615. The molecule has 0 aromatic carbocycles. The van der Waals surface area contributed by atoms with Crippen LogP contribution in [-0.4, -0.2) is 16.5 Å². The standard InChI is InChI=1S/C13H18O2/c1-3-5-7-11-8-6-10-13(15,9-4-2)12(11)14/h4,11,15H,2,6-10H2,1H3/t11-,13+/m1/s1. The van der Waals surface area contributed by atoms with Gasteiger partial charge in [-0.25, -0.2) is 0 Å². The normalized spacial score (nSPS) is 30.5. The Bertz CT molecular complexity index is 308. The van der Waals surface area contributed by atoms with Gasteiger partial charge in [-0.2, -0.15) is 0 Å². The first-order valence-corrected chi connectivity index (χ1v) is 5.41. The van der Waals surface area contributed by atoms with Gasteiger partial charge in [0.15, 0.2) is 5.78 Å². The molecule has 2 nitrogen and oxygen atoms in total. The van der Waals surface area contributed by atoms with Crippen LogP contribution in [0.3, 0.4) is 0 Å². The van der Waals surface area contributed by atoms with Gasteiger partial charge in [0, 0.05) is 18.8 Å². The molecular weight excluding hydrogens is 188 g/mol. The maximum atomic E-state index is 12.0. The average molecular weight is 206 g/mol. The van der Waals surface area contributed by atoms with Crippen LogP contribution in [0.25, 0.3) is 0 Å². The van der Waals surface area contributed by atoms with E-state index in [1.54, 1.807) is 13.0 Å². The summed E-state index contributed by atoms with van der Waals surface area (Å²) in [5.74, 6) is 5.58. The van der Waals surface area contributed by atoms with Gasteiger partial charge in [-0.05, 0) is 26.2 Å². The Balaban J connectivity index is 2.72. The van der Waals surface area contributed by atoms with Crippen molar-refractivity contribution in [2.24, 2.45) is 5.92 Å². The van der Waals surface area contributed by atoms with Gasteiger partial charge in [0.25, 0.3) is 0 Å². The van der Waals surface area contributed by atoms with E-state index in [9.17, 15) is 9.90 Å². The van der Waals surface area contributed by atoms with Gasteiger partial charge < -0.3 is 5.11 Å². The second kappa shape index (κ2) is 5.14. The number of Topliss-reactive ketones (excluding diaryl/α,β-unsaturated/α-hetero) is 1. The molecule has 0 aromatic rings. The number of rotatable bonds is 3. The van der Waals surface area contributed by atoms with E-state index in [1.165, 1.54) is 0 Å². The maximum absolute atomic E-state index is 12.0. The summed E-state index contributed by atoms with van der Waals surface area (Å²) in [6.45, 7) is 5.35. The summed E-state index contributed by atoms with van der Waals surface area (Å²) < 4.78 is 0. The van der Waals surface area contributed by atoms with Crippen LogP contribution in [0.1, 0.15) is 39.0 Å². The Morgan fingerprint density at radius 1 is 1.73 bits per heavy atom. The summed E-state index contributed by atoms with van der Waals surface area (Å²) in [7, 11) is 0. The van der Waals surface area contributed by atoms with Crippen molar-refractivity contribution in [3.05, 3.63) is 12.7 Å². The molecule has 2 heteroatoms. The van der Waals surface area contributed by atoms with Gasteiger partial charge in [0.2, 0.25) is 0 Å². The predicted octanol–water partition coefficient (Wildman–Crippen LogP) is 2.08. The number of hydrogen-bond donors (Lipinski definition) is 1. The molecule has 0 aliphatic heterocycles. The smallest absolute Gasteiger partial charge is 0.168 e. The highest BCUT2D eigenvalue weighted by molar-refractivity contribution is 5.90. The number of hydrogen-bond acceptors (Lipinski definition) is 2. The lowest BCUT2D eigenvalue weighted by Gasteiger charge is -2.33. The highest BCUT2D eigenvalue weighted by Crippen LogP contribution is 2.33. The van der Waals surface area contributed by atoms with E-state index < -0.39 is 5.60 Å². The van der Waals surface area contributed by atoms with Crippen LogP contribution < -0.4 is 0 Å². The van der Waals surface area contributed by atoms with Crippen molar-refractivity contribution < 1.29 is 9.90 Å². The topological polar surface area (TPSA) is 37.3 Å². The third-order valence-corrected chi connectivity index (χ3v) is 2.98. The van der Waals surface area contributed by atoms with E-state index in [-0.39, 0.29) is 11.7 Å². The van der Waals surface area contributed by atoms with E-state index in [1.807, 2.05) is 0 Å². The zero-order chi connectivity index (χ0) is 11.3. The maximum Gasteiger partial charge on any atom is 0.168 e. The van der Waals surface area contributed by atoms with E-state index in [2.05, 4.69) is 18.4 Å². The Morgan fingerprint density at radius 2 is 2.47 bits per heavy atom. The molecule has 1 saturated carbocycles. The number of aliphatic hydroxyl groups is 1. The van der Waals surface area contributed by atoms with Gasteiger partial charge in [-0.3, -0.25) is 4.79 Å². The second-order valence-corrected chi connectivity index (χ2v) is 4.11. The molecule has 0 spiro atoms. The molecule has 1 aliphatic carbocycles. The molecule has 0 bridgehead atoms. The second-order valence-electron chi connectivity index (χ2n) is 4.11. The van der Waals surface area contributed by atoms with Crippen LogP contribution in [0.2, 0.25) is 0 Å². The number of carbonyl (C=O) groups is 1. The molecule has 0 radical (unpaired) electrons. The molecule has 1 fully saturated rings. The van der Waals surface area contributed by atoms with Crippen LogP contribution in [0, 0.1) is 17.8 Å². The van der Waals surface area contributed by atoms with Gasteiger partial charge in [0.1, 0.15) is 5.60 Å². The Kier molecular flexibility index (Phi) is 4.11. The van der Waals surface area contributed by atoms with Gasteiger partial charge in [0.05, 0.1) is 0 Å². The minimum Gasteiger partial charge on any atom is -0.382 e. The van der Waals surface area contributed by atoms with E-state index in [0.717, 1.165) is 12.8 Å². The van der Waals surface area contributed by atoms with Gasteiger partial charge in [-0.15, -0.1) is 18.4 Å². The quantitative estimate of drug-likeness (QED) is 0.567. The number of ketones is 1. The first-order valence-electron chi connectivity index (χ1n) is 5.41. The summed E-state index contributed by atoms with van der Waals surface area (Å²) >= 11 is 0. The Labute approximate surface area is 91.4 Å². The minimum absolute atomic E-state index is 0.0450. The van der Waals surface area contributed by atoms with Crippen LogP contribution >= 0.6 is 0 Å². The van der Waals surface area contributed by atoms with E-state index >= 15 is 0 Å². The SMILES string of the molecule is C=CC[C@]1(O)CCC[C@@H](CC#CC)C1=O. The van der Waals surface area contributed by atoms with Gasteiger partial charge >= 0.3 is 0 Å². The van der Waals surface area contributed by atoms with Crippen LogP contribution in [0.5, 0.6) is 0 Å². The van der Waals surface area contributed by atoms with E-state index in [0.29, 0.717) is 19.3 Å². The summed E-state index contributed by atoms with van der Waals surface area (Å²) in [5, 5.41) is 10.1. The van der Waals surface area contributed by atoms with E-state index in [4.69, 9.17) is 0 Å². The summed E-state index contributed by atoms with van der Waals surface area (Å²) in [5.41, 5.74) is -1.17. The zero-order valence-electron chi connectivity index (χ0n) is 9.25. The molecule has 0 unspecified atom stereocenters. The lowest BCUT2D eigenvalue weighted by Crippen LogP contribution is -2.45. The van der Waals surface area contributed by atoms with Gasteiger partial charge in [-0.1, -0.05) is 6.08 Å². The lowest BCUT2D eigenvalue weighted by molar-refractivity contribution is -0.145. The van der Waals surface area contributed by atoms with Crippen molar-refractivity contribution in [2.75, 3.05) is 0 Å². The number of carbonyl (C=O) groups excluding carboxylic acids is 1. The lowest BCUT2D eigenvalue weighted by atomic mass is 9.74. The van der Waals surface area contributed by atoms with Crippen molar-refractivity contribution >= 4 is 5.78 Å². The molecule has 15 heavy (non-hydrogen) atoms. The largest absolute Gasteiger partial charge is 0.382 e. The van der Waals surface area contributed by atoms with Crippen LogP contribution in [0.4, 0.5) is 0 Å². The van der Waals surface area contributed by atoms with Crippen molar-refractivity contribution in [1.82, 2.24) is 0 Å². The Hall–Kier alpha value is -1.07. The highest BCUT2D eigenvalue weighted by Gasteiger charge is 2.41. The van der Waals surface area contributed by atoms with Crippen molar-refractivity contribution in [1.29, 1.82) is 0 Å². The molecule has 2 atom stereocenters. The minimum atomic E-state index is -1.17. The van der Waals surface area contributed by atoms with Crippen molar-refractivity contribution in [2.45, 2.75) is 44.6 Å². The highest BCUT2D eigenvalue weighted by atomic mass is 16.3. The monoisotopic (exact) mass is 206 g/mol. The molecular formula is C13H18O2. The average Bonchev–Trinajstić information content (AvgIpc) is 2.21. The fourth-order valence-corrected chi connectivity index (χ4v) is 2.14. The van der Waals surface area contributed by atoms with Crippen molar-refractivity contribution in [3.8, 4) is 11.8 Å². The molecule has 0 amide bonds. The van der Waals surface area contributed by atoms with Crippen LogP contribution in [0.15, 0.2) is 12.7 Å². The Morgan fingerprint density at radius 3 is 3.07 bits per heavy atom. The van der Waals surface area contributed by atoms with Crippen molar-refractivity contribution in [3.63, 3.8) is 0 Å². The molecule has 0 saturated heterocycles.